The molecule has 8 heteroatoms. The quantitative estimate of drug-likeness (QED) is 0.259. The van der Waals surface area contributed by atoms with E-state index in [0.29, 0.717) is 32.9 Å². The van der Waals surface area contributed by atoms with Crippen molar-refractivity contribution in [3.05, 3.63) is 83.0 Å². The third-order valence-electron chi connectivity index (χ3n) is 4.48. The maximum atomic E-state index is 14.6. The molecule has 1 aromatic heterocycles. The normalized spacial score (nSPS) is 11.1. The summed E-state index contributed by atoms with van der Waals surface area (Å²) >= 11 is 1.12. The average Bonchev–Trinajstić information content (AvgIpc) is 3.14. The minimum absolute atomic E-state index is 0.239. The maximum absolute atomic E-state index is 14.6. The number of carboxylic acid groups (broad SMARTS) is 1. The molecule has 2 N–H and O–H groups in total. The van der Waals surface area contributed by atoms with Crippen molar-refractivity contribution in [2.75, 3.05) is 0 Å². The molecule has 4 rings (SSSR count). The molecule has 0 saturated carbocycles. The second-order valence-corrected chi connectivity index (χ2v) is 7.54. The Hall–Kier alpha value is -4.04. The SMILES string of the molecule is O=Nc1ccc(-c2sc3c(F)c(O)ccc3c2Oc2ccc(/C=C/C(=O)O)cc2)cc1. The number of benzene rings is 3. The molecule has 0 fully saturated rings. The van der Waals surface area contributed by atoms with Crippen molar-refractivity contribution < 1.29 is 24.1 Å². The average molecular weight is 435 g/mol. The third kappa shape index (κ3) is 4.15. The van der Waals surface area contributed by atoms with E-state index in [4.69, 9.17) is 9.84 Å². The highest BCUT2D eigenvalue weighted by Gasteiger charge is 2.20. The van der Waals surface area contributed by atoms with E-state index in [1.807, 2.05) is 0 Å². The van der Waals surface area contributed by atoms with Gasteiger partial charge in [0, 0.05) is 11.5 Å². The van der Waals surface area contributed by atoms with E-state index < -0.39 is 17.5 Å². The Labute approximate surface area is 179 Å². The van der Waals surface area contributed by atoms with Crippen molar-refractivity contribution in [2.45, 2.75) is 0 Å². The van der Waals surface area contributed by atoms with Crippen molar-refractivity contribution in [3.63, 3.8) is 0 Å². The molecule has 31 heavy (non-hydrogen) atoms. The predicted molar refractivity (Wildman–Crippen MR) is 118 cm³/mol. The first kappa shape index (κ1) is 20.2. The highest BCUT2D eigenvalue weighted by atomic mass is 32.1. The molecule has 0 unspecified atom stereocenters. The molecule has 0 radical (unpaired) electrons. The molecule has 0 bridgehead atoms. The van der Waals surface area contributed by atoms with E-state index >= 15 is 0 Å². The van der Waals surface area contributed by atoms with Gasteiger partial charge in [-0.05, 0) is 58.8 Å². The standard InChI is InChI=1S/C23H14FNO5S/c24-20-18(26)11-10-17-21(30-16-8-1-13(2-9-16)3-12-19(27)28)22(31-23(17)20)14-4-6-15(25-29)7-5-14/h1-12,26H,(H,27,28)/b12-3+. The fourth-order valence-corrected chi connectivity index (χ4v) is 4.16. The number of thiophene rings is 1. The predicted octanol–water partition coefficient (Wildman–Crippen LogP) is 6.70. The third-order valence-corrected chi connectivity index (χ3v) is 5.71. The van der Waals surface area contributed by atoms with Crippen LogP contribution in [-0.2, 0) is 4.79 Å². The number of nitroso groups, excluding NO2 is 1. The van der Waals surface area contributed by atoms with Crippen LogP contribution in [0.25, 0.3) is 26.6 Å². The number of ether oxygens (including phenoxy) is 1. The summed E-state index contributed by atoms with van der Waals surface area (Å²) in [5, 5.41) is 21.9. The number of phenolic OH excluding ortho intramolecular Hbond substituents is 1. The van der Waals surface area contributed by atoms with Crippen molar-refractivity contribution in [1.29, 1.82) is 0 Å². The highest BCUT2D eigenvalue weighted by molar-refractivity contribution is 7.22. The fourth-order valence-electron chi connectivity index (χ4n) is 2.99. The first-order chi connectivity index (χ1) is 15.0. The molecule has 0 aliphatic carbocycles. The van der Waals surface area contributed by atoms with Gasteiger partial charge < -0.3 is 14.9 Å². The van der Waals surface area contributed by atoms with Gasteiger partial charge in [0.2, 0.25) is 0 Å². The van der Waals surface area contributed by atoms with Crippen LogP contribution in [0.1, 0.15) is 5.56 Å². The topological polar surface area (TPSA) is 96.2 Å². The van der Waals surface area contributed by atoms with Crippen molar-refractivity contribution >= 4 is 39.2 Å². The Balaban J connectivity index is 1.79. The number of fused-ring (bicyclic) bond motifs is 1. The molecule has 6 nitrogen and oxygen atoms in total. The number of halogens is 1. The minimum atomic E-state index is -1.05. The summed E-state index contributed by atoms with van der Waals surface area (Å²) in [6, 6.07) is 16.0. The molecule has 0 atom stereocenters. The van der Waals surface area contributed by atoms with Gasteiger partial charge in [-0.15, -0.1) is 16.2 Å². The Morgan fingerprint density at radius 2 is 1.74 bits per heavy atom. The summed E-state index contributed by atoms with van der Waals surface area (Å²) in [5.41, 5.74) is 1.64. The minimum Gasteiger partial charge on any atom is -0.505 e. The lowest BCUT2D eigenvalue weighted by Gasteiger charge is -2.09. The number of hydrogen-bond donors (Lipinski definition) is 2. The van der Waals surface area contributed by atoms with Crippen LogP contribution in [0.5, 0.6) is 17.2 Å². The van der Waals surface area contributed by atoms with Gasteiger partial charge in [0.25, 0.3) is 0 Å². The molecular formula is C23H14FNO5S. The molecule has 0 aliphatic rings. The number of phenols is 1. The van der Waals surface area contributed by atoms with Gasteiger partial charge in [-0.25, -0.2) is 9.18 Å². The largest absolute Gasteiger partial charge is 0.505 e. The zero-order valence-electron chi connectivity index (χ0n) is 15.8. The summed E-state index contributed by atoms with van der Waals surface area (Å²) < 4.78 is 20.9. The molecular weight excluding hydrogens is 421 g/mol. The van der Waals surface area contributed by atoms with E-state index in [1.165, 1.54) is 12.1 Å². The Morgan fingerprint density at radius 1 is 1.03 bits per heavy atom. The lowest BCUT2D eigenvalue weighted by Crippen LogP contribution is -1.87. The number of hydrogen-bond acceptors (Lipinski definition) is 6. The molecule has 0 aliphatic heterocycles. The second kappa shape index (κ2) is 8.37. The Morgan fingerprint density at radius 3 is 2.39 bits per heavy atom. The van der Waals surface area contributed by atoms with Gasteiger partial charge in [-0.2, -0.15) is 0 Å². The van der Waals surface area contributed by atoms with E-state index in [2.05, 4.69) is 5.18 Å². The van der Waals surface area contributed by atoms with E-state index in [0.717, 1.165) is 17.4 Å². The Bertz CT molecular complexity index is 1310. The van der Waals surface area contributed by atoms with Crippen LogP contribution in [0, 0.1) is 10.7 Å². The van der Waals surface area contributed by atoms with Crippen LogP contribution in [0.15, 0.2) is 71.9 Å². The number of carbonyl (C=O) groups is 1. The van der Waals surface area contributed by atoms with Crippen LogP contribution in [0.4, 0.5) is 10.1 Å². The summed E-state index contributed by atoms with van der Waals surface area (Å²) in [6.45, 7) is 0. The molecule has 154 valence electrons. The van der Waals surface area contributed by atoms with Gasteiger partial charge in [0.15, 0.2) is 17.3 Å². The summed E-state index contributed by atoms with van der Waals surface area (Å²) in [6.07, 6.45) is 2.49. The number of nitrogens with zero attached hydrogens (tertiary/aromatic N) is 1. The molecule has 4 aromatic rings. The van der Waals surface area contributed by atoms with E-state index in [-0.39, 0.29) is 10.4 Å². The summed E-state index contributed by atoms with van der Waals surface area (Å²) in [5.74, 6) is -1.37. The Kier molecular flexibility index (Phi) is 5.46. The van der Waals surface area contributed by atoms with Crippen LogP contribution in [0.3, 0.4) is 0 Å². The van der Waals surface area contributed by atoms with Gasteiger partial charge in [-0.3, -0.25) is 0 Å². The van der Waals surface area contributed by atoms with Crippen molar-refractivity contribution in [1.82, 2.24) is 0 Å². The summed E-state index contributed by atoms with van der Waals surface area (Å²) in [4.78, 5) is 22.0. The van der Waals surface area contributed by atoms with Gasteiger partial charge in [0.1, 0.15) is 11.4 Å². The monoisotopic (exact) mass is 435 g/mol. The second-order valence-electron chi connectivity index (χ2n) is 6.52. The van der Waals surface area contributed by atoms with Crippen LogP contribution in [-0.4, -0.2) is 16.2 Å². The first-order valence-electron chi connectivity index (χ1n) is 9.03. The van der Waals surface area contributed by atoms with Crippen LogP contribution < -0.4 is 4.74 Å². The number of rotatable bonds is 6. The number of aromatic hydroxyl groups is 1. The van der Waals surface area contributed by atoms with E-state index in [9.17, 15) is 19.2 Å². The van der Waals surface area contributed by atoms with Gasteiger partial charge in [0.05, 0.1) is 9.58 Å². The number of carboxylic acids is 1. The van der Waals surface area contributed by atoms with E-state index in [1.54, 1.807) is 54.6 Å². The molecule has 3 aromatic carbocycles. The molecule has 0 spiro atoms. The maximum Gasteiger partial charge on any atom is 0.328 e. The van der Waals surface area contributed by atoms with Gasteiger partial charge >= 0.3 is 5.97 Å². The van der Waals surface area contributed by atoms with Crippen molar-refractivity contribution in [2.24, 2.45) is 5.18 Å². The smallest absolute Gasteiger partial charge is 0.328 e. The zero-order valence-corrected chi connectivity index (χ0v) is 16.6. The van der Waals surface area contributed by atoms with Crippen LogP contribution >= 0.6 is 11.3 Å². The zero-order chi connectivity index (χ0) is 22.0. The lowest BCUT2D eigenvalue weighted by atomic mass is 10.1. The molecule has 1 heterocycles. The van der Waals surface area contributed by atoms with Crippen LogP contribution in [0.2, 0.25) is 0 Å². The lowest BCUT2D eigenvalue weighted by molar-refractivity contribution is -0.131. The van der Waals surface area contributed by atoms with Crippen molar-refractivity contribution in [3.8, 4) is 27.7 Å². The molecule has 0 amide bonds. The van der Waals surface area contributed by atoms with Gasteiger partial charge in [-0.1, -0.05) is 24.3 Å². The number of aliphatic carboxylic acids is 1. The summed E-state index contributed by atoms with van der Waals surface area (Å²) in [7, 11) is 0. The fraction of sp³-hybridized carbons (Fsp3) is 0. The first-order valence-corrected chi connectivity index (χ1v) is 9.84. The molecule has 0 saturated heterocycles. The highest BCUT2D eigenvalue weighted by Crippen LogP contribution is 2.48.